The Hall–Kier alpha value is -9.96. The largest absolute Gasteiger partial charge is 0.417 e. The van der Waals surface area contributed by atoms with Crippen LogP contribution in [0.15, 0.2) is 231 Å². The van der Waals surface area contributed by atoms with Crippen molar-refractivity contribution in [1.29, 1.82) is 0 Å². The minimum atomic E-state index is -5.15. The summed E-state index contributed by atoms with van der Waals surface area (Å²) in [5, 5.41) is 2.22. The first-order valence-electron chi connectivity index (χ1n) is 26.1. The van der Waals surface area contributed by atoms with Gasteiger partial charge in [-0.1, -0.05) is 152 Å². The standard InChI is InChI=1S/C68H38F12N4/c69-65(70,71)44-26-29-46(54(36-44)67(75,76)77)41-24-31-61-52(33-41)49-18-8-11-21-59(49)83(61)58-20-10-7-17-48(58)51-28-23-43(64-81-56(39-13-3-1-4-14-39)38-57(82-64)40-15-5-2-6-16-40)35-63(51)84-60-22-12-9-19-50(60)53-34-42(25-32-62(53)84)47-30-27-45(66(72,73)74)37-55(47)68(78,79)80/h1-38H. The van der Waals surface area contributed by atoms with E-state index in [9.17, 15) is 52.7 Å². The van der Waals surface area contributed by atoms with Crippen molar-refractivity contribution in [3.8, 4) is 78.7 Å². The van der Waals surface area contributed by atoms with Gasteiger partial charge in [0.1, 0.15) is 0 Å². The van der Waals surface area contributed by atoms with Crippen LogP contribution < -0.4 is 0 Å². The topological polar surface area (TPSA) is 35.6 Å². The lowest BCUT2D eigenvalue weighted by atomic mass is 9.95. The summed E-state index contributed by atoms with van der Waals surface area (Å²) in [5.74, 6) is 0.348. The van der Waals surface area contributed by atoms with Crippen molar-refractivity contribution in [2.75, 3.05) is 0 Å². The third kappa shape index (κ3) is 9.46. The second-order valence-corrected chi connectivity index (χ2v) is 20.1. The van der Waals surface area contributed by atoms with Crippen LogP contribution in [0.2, 0.25) is 0 Å². The number of alkyl halides is 12. The Kier molecular flexibility index (Phi) is 12.6. The Balaban J connectivity index is 1.06. The molecule has 84 heavy (non-hydrogen) atoms. The highest BCUT2D eigenvalue weighted by Crippen LogP contribution is 2.47. The molecule has 0 radical (unpaired) electrons. The summed E-state index contributed by atoms with van der Waals surface area (Å²) >= 11 is 0. The fourth-order valence-corrected chi connectivity index (χ4v) is 11.3. The lowest BCUT2D eigenvalue weighted by Gasteiger charge is -2.20. The van der Waals surface area contributed by atoms with Gasteiger partial charge < -0.3 is 9.13 Å². The average Bonchev–Trinajstić information content (AvgIpc) is 2.15. The maximum atomic E-state index is 14.8. The summed E-state index contributed by atoms with van der Waals surface area (Å²) in [7, 11) is 0. The van der Waals surface area contributed by atoms with Gasteiger partial charge in [-0.05, 0) is 101 Å². The molecule has 3 heterocycles. The molecule has 0 atom stereocenters. The first-order valence-corrected chi connectivity index (χ1v) is 26.1. The SMILES string of the molecule is FC(F)(F)c1ccc(-c2ccc3c(c2)c2ccccc2n3-c2ccccc2-c2ccc(-c3nc(-c4ccccc4)cc(-c4ccccc4)n3)cc2-n2c3ccccc3c3cc(-c4ccc(C(F)(F)F)cc4C(F)(F)F)ccc32)c(C(F)(F)F)c1. The van der Waals surface area contributed by atoms with E-state index in [0.717, 1.165) is 23.3 Å². The zero-order valence-electron chi connectivity index (χ0n) is 43.3. The number of hydrogen-bond acceptors (Lipinski definition) is 2. The molecule has 0 spiro atoms. The molecule has 0 amide bonds. The predicted molar refractivity (Wildman–Crippen MR) is 303 cm³/mol. The maximum Gasteiger partial charge on any atom is 0.417 e. The highest BCUT2D eigenvalue weighted by molar-refractivity contribution is 6.13. The highest BCUT2D eigenvalue weighted by atomic mass is 19.4. The van der Waals surface area contributed by atoms with Gasteiger partial charge in [-0.15, -0.1) is 0 Å². The van der Waals surface area contributed by atoms with E-state index in [2.05, 4.69) is 0 Å². The number of para-hydroxylation sites is 3. The summed E-state index contributed by atoms with van der Waals surface area (Å²) in [6.45, 7) is 0. The van der Waals surface area contributed by atoms with Gasteiger partial charge in [0.25, 0.3) is 0 Å². The zero-order chi connectivity index (χ0) is 58.5. The Morgan fingerprint density at radius 2 is 0.655 bits per heavy atom. The molecule has 0 saturated heterocycles. The Morgan fingerprint density at radius 1 is 0.262 bits per heavy atom. The van der Waals surface area contributed by atoms with Gasteiger partial charge in [-0.2, -0.15) is 52.7 Å². The van der Waals surface area contributed by atoms with Crippen LogP contribution in [0.5, 0.6) is 0 Å². The van der Waals surface area contributed by atoms with Gasteiger partial charge in [0.2, 0.25) is 0 Å². The third-order valence-electron chi connectivity index (χ3n) is 15.1. The van der Waals surface area contributed by atoms with Crippen LogP contribution in [0.3, 0.4) is 0 Å². The summed E-state index contributed by atoms with van der Waals surface area (Å²) in [6.07, 6.45) is -20.3. The normalized spacial score (nSPS) is 12.5. The molecule has 0 aliphatic heterocycles. The minimum Gasteiger partial charge on any atom is -0.309 e. The first kappa shape index (κ1) is 53.4. The number of aromatic nitrogens is 4. The van der Waals surface area contributed by atoms with Crippen LogP contribution in [0, 0.1) is 0 Å². The molecule has 4 nitrogen and oxygen atoms in total. The van der Waals surface area contributed by atoms with Gasteiger partial charge in [-0.25, -0.2) is 9.97 Å². The van der Waals surface area contributed by atoms with Crippen LogP contribution in [0.4, 0.5) is 52.7 Å². The van der Waals surface area contributed by atoms with E-state index < -0.39 is 58.1 Å². The molecule has 0 aliphatic rings. The highest BCUT2D eigenvalue weighted by Gasteiger charge is 2.40. The van der Waals surface area contributed by atoms with E-state index in [1.807, 2.05) is 130 Å². The third-order valence-corrected chi connectivity index (χ3v) is 15.1. The number of nitrogens with zero attached hydrogens (tertiary/aromatic N) is 4. The number of benzene rings is 10. The second kappa shape index (κ2) is 19.9. The van der Waals surface area contributed by atoms with Gasteiger partial charge in [0.05, 0.1) is 67.1 Å². The van der Waals surface area contributed by atoms with Gasteiger partial charge in [0.15, 0.2) is 5.82 Å². The summed E-state index contributed by atoms with van der Waals surface area (Å²) < 4.78 is 175. The van der Waals surface area contributed by atoms with E-state index in [-0.39, 0.29) is 23.3 Å². The number of halogens is 12. The Labute approximate surface area is 469 Å². The van der Waals surface area contributed by atoms with Gasteiger partial charge >= 0.3 is 24.7 Å². The molecule has 10 aromatic carbocycles. The van der Waals surface area contributed by atoms with Crippen molar-refractivity contribution in [3.05, 3.63) is 253 Å². The molecule has 3 aromatic heterocycles. The maximum absolute atomic E-state index is 14.8. The molecular formula is C68H38F12N4. The zero-order valence-corrected chi connectivity index (χ0v) is 43.3. The fraction of sp³-hybridized carbons (Fsp3) is 0.0588. The molecule has 0 aliphatic carbocycles. The Morgan fingerprint density at radius 3 is 1.13 bits per heavy atom. The predicted octanol–water partition coefficient (Wildman–Crippen LogP) is 20.7. The molecular weight excluding hydrogens is 1100 g/mol. The number of rotatable bonds is 8. The molecule has 13 aromatic rings. The smallest absolute Gasteiger partial charge is 0.309 e. The molecule has 0 saturated carbocycles. The second-order valence-electron chi connectivity index (χ2n) is 20.1. The van der Waals surface area contributed by atoms with E-state index in [0.29, 0.717) is 101 Å². The van der Waals surface area contributed by atoms with Crippen LogP contribution in [-0.4, -0.2) is 19.1 Å². The number of fused-ring (bicyclic) bond motifs is 6. The lowest BCUT2D eigenvalue weighted by Crippen LogP contribution is -2.12. The summed E-state index contributed by atoms with van der Waals surface area (Å²) in [4.78, 5) is 10.3. The molecule has 0 unspecified atom stereocenters. The van der Waals surface area contributed by atoms with Crippen molar-refractivity contribution in [1.82, 2.24) is 19.1 Å². The van der Waals surface area contributed by atoms with Crippen LogP contribution in [-0.2, 0) is 24.7 Å². The summed E-state index contributed by atoms with van der Waals surface area (Å²) in [6, 6.07) is 61.1. The van der Waals surface area contributed by atoms with Gasteiger partial charge in [0, 0.05) is 49.4 Å². The van der Waals surface area contributed by atoms with E-state index >= 15 is 0 Å². The Bertz CT molecular complexity index is 4670. The van der Waals surface area contributed by atoms with Crippen LogP contribution in [0.1, 0.15) is 22.3 Å². The molecule has 16 heteroatoms. The van der Waals surface area contributed by atoms with E-state index in [1.165, 1.54) is 24.3 Å². The van der Waals surface area contributed by atoms with Crippen LogP contribution >= 0.6 is 0 Å². The van der Waals surface area contributed by atoms with Gasteiger partial charge in [-0.3, -0.25) is 0 Å². The lowest BCUT2D eigenvalue weighted by molar-refractivity contribution is -0.144. The van der Waals surface area contributed by atoms with Crippen molar-refractivity contribution in [3.63, 3.8) is 0 Å². The van der Waals surface area contributed by atoms with E-state index in [4.69, 9.17) is 9.97 Å². The molecule has 0 bridgehead atoms. The van der Waals surface area contributed by atoms with Crippen LogP contribution in [0.25, 0.3) is 122 Å². The van der Waals surface area contributed by atoms with Crippen molar-refractivity contribution in [2.24, 2.45) is 0 Å². The minimum absolute atomic E-state index is 0.0211. The average molecular weight is 1140 g/mol. The fourth-order valence-electron chi connectivity index (χ4n) is 11.3. The van der Waals surface area contributed by atoms with Crippen molar-refractivity contribution >= 4 is 43.6 Å². The van der Waals surface area contributed by atoms with Crippen molar-refractivity contribution in [2.45, 2.75) is 24.7 Å². The first-order chi connectivity index (χ1) is 40.2. The molecule has 414 valence electrons. The van der Waals surface area contributed by atoms with Crippen molar-refractivity contribution < 1.29 is 52.7 Å². The monoisotopic (exact) mass is 1140 g/mol. The molecule has 13 rings (SSSR count). The quantitative estimate of drug-likeness (QED) is 0.142. The molecule has 0 N–H and O–H groups in total. The summed E-state index contributed by atoms with van der Waals surface area (Å²) in [5.41, 5.74) is 1.59. The molecule has 0 fully saturated rings. The van der Waals surface area contributed by atoms with E-state index in [1.54, 1.807) is 48.5 Å². The number of hydrogen-bond donors (Lipinski definition) is 0.